The van der Waals surface area contributed by atoms with Crippen molar-refractivity contribution in [3.05, 3.63) is 0 Å². The maximum absolute atomic E-state index is 12.2. The fourth-order valence-corrected chi connectivity index (χ4v) is 2.83. The average Bonchev–Trinajstić information content (AvgIpc) is 2.39. The van der Waals surface area contributed by atoms with Gasteiger partial charge in [0.1, 0.15) is 0 Å². The van der Waals surface area contributed by atoms with Gasteiger partial charge in [-0.2, -0.15) is 0 Å². The number of hydrogen-bond donors (Lipinski definition) is 2. The van der Waals surface area contributed by atoms with Gasteiger partial charge in [0, 0.05) is 26.1 Å². The zero-order valence-corrected chi connectivity index (χ0v) is 11.1. The summed E-state index contributed by atoms with van der Waals surface area (Å²) in [6.07, 6.45) is 4.00. The normalized spacial score (nSPS) is 33.1. The third kappa shape index (κ3) is 3.43. The number of likely N-dealkylation sites (N-methyl/N-ethyl adjacent to an activating group) is 1. The Kier molecular flexibility index (Phi) is 4.97. The Hall–Kier alpha value is -0.650. The van der Waals surface area contributed by atoms with Crippen LogP contribution in [0, 0.1) is 0 Å². The van der Waals surface area contributed by atoms with Gasteiger partial charge in [-0.25, -0.2) is 0 Å². The lowest BCUT2D eigenvalue weighted by Crippen LogP contribution is -2.49. The minimum absolute atomic E-state index is 0.00393. The standard InChI is InChI=1S/C13H24N2O3/c1-15(11-4-2-3-5-12(11)16)13(17)8-10-9-18-7-6-14-10/h10-12,14,16H,2-9H2,1H3. The van der Waals surface area contributed by atoms with Crippen LogP contribution in [0.5, 0.6) is 0 Å². The summed E-state index contributed by atoms with van der Waals surface area (Å²) in [4.78, 5) is 13.9. The molecule has 1 amide bonds. The number of ether oxygens (including phenoxy) is 1. The molecule has 0 spiro atoms. The summed E-state index contributed by atoms with van der Waals surface area (Å²) < 4.78 is 5.35. The fourth-order valence-electron chi connectivity index (χ4n) is 2.83. The molecule has 0 aromatic heterocycles. The van der Waals surface area contributed by atoms with E-state index in [1.807, 2.05) is 7.05 Å². The Labute approximate surface area is 108 Å². The summed E-state index contributed by atoms with van der Waals surface area (Å²) in [7, 11) is 1.81. The smallest absolute Gasteiger partial charge is 0.224 e. The second kappa shape index (κ2) is 6.50. The van der Waals surface area contributed by atoms with Crippen LogP contribution in [-0.4, -0.2) is 60.9 Å². The maximum atomic E-state index is 12.2. The number of morpholine rings is 1. The molecule has 2 rings (SSSR count). The van der Waals surface area contributed by atoms with Gasteiger partial charge in [0.15, 0.2) is 0 Å². The van der Waals surface area contributed by atoms with Crippen molar-refractivity contribution in [2.24, 2.45) is 0 Å². The van der Waals surface area contributed by atoms with Crippen molar-refractivity contribution in [3.8, 4) is 0 Å². The molecule has 3 atom stereocenters. The summed E-state index contributed by atoms with van der Waals surface area (Å²) >= 11 is 0. The van der Waals surface area contributed by atoms with Gasteiger partial charge in [-0.05, 0) is 12.8 Å². The third-order valence-electron chi connectivity index (χ3n) is 4.00. The molecule has 2 fully saturated rings. The van der Waals surface area contributed by atoms with Crippen molar-refractivity contribution in [1.82, 2.24) is 10.2 Å². The summed E-state index contributed by atoms with van der Waals surface area (Å²) in [5.41, 5.74) is 0. The number of carbonyl (C=O) groups excluding carboxylic acids is 1. The SMILES string of the molecule is CN(C(=O)CC1COCCN1)C1CCCCC1O. The molecule has 5 heteroatoms. The number of hydrogen-bond acceptors (Lipinski definition) is 4. The molecule has 0 aromatic carbocycles. The van der Waals surface area contributed by atoms with E-state index >= 15 is 0 Å². The zero-order chi connectivity index (χ0) is 13.0. The lowest BCUT2D eigenvalue weighted by atomic mass is 9.91. The minimum atomic E-state index is -0.358. The molecule has 3 unspecified atom stereocenters. The van der Waals surface area contributed by atoms with Crippen LogP contribution in [0.1, 0.15) is 32.1 Å². The lowest BCUT2D eigenvalue weighted by molar-refractivity contribution is -0.136. The van der Waals surface area contributed by atoms with Crippen molar-refractivity contribution in [2.75, 3.05) is 26.8 Å². The Morgan fingerprint density at radius 2 is 2.22 bits per heavy atom. The molecule has 1 saturated heterocycles. The minimum Gasteiger partial charge on any atom is -0.391 e. The monoisotopic (exact) mass is 256 g/mol. The van der Waals surface area contributed by atoms with Crippen molar-refractivity contribution >= 4 is 5.91 Å². The average molecular weight is 256 g/mol. The first-order valence-corrected chi connectivity index (χ1v) is 6.93. The van der Waals surface area contributed by atoms with Crippen LogP contribution >= 0.6 is 0 Å². The predicted molar refractivity (Wildman–Crippen MR) is 68.3 cm³/mol. The first-order chi connectivity index (χ1) is 8.68. The second-order valence-electron chi connectivity index (χ2n) is 5.35. The molecule has 104 valence electrons. The highest BCUT2D eigenvalue weighted by atomic mass is 16.5. The summed E-state index contributed by atoms with van der Waals surface area (Å²) in [5, 5.41) is 13.2. The van der Waals surface area contributed by atoms with E-state index in [9.17, 15) is 9.90 Å². The number of nitrogens with one attached hydrogen (secondary N) is 1. The molecule has 2 aliphatic rings. The van der Waals surface area contributed by atoms with Gasteiger partial charge in [-0.1, -0.05) is 12.8 Å². The van der Waals surface area contributed by atoms with Crippen molar-refractivity contribution < 1.29 is 14.6 Å². The van der Waals surface area contributed by atoms with Crippen LogP contribution in [0.3, 0.4) is 0 Å². The van der Waals surface area contributed by atoms with Crippen LogP contribution in [0.4, 0.5) is 0 Å². The first-order valence-electron chi connectivity index (χ1n) is 6.93. The van der Waals surface area contributed by atoms with Gasteiger partial charge >= 0.3 is 0 Å². The molecule has 5 nitrogen and oxygen atoms in total. The van der Waals surface area contributed by atoms with Gasteiger partial charge in [0.05, 0.1) is 25.4 Å². The van der Waals surface area contributed by atoms with Crippen LogP contribution in [0.25, 0.3) is 0 Å². The molecule has 1 aliphatic heterocycles. The van der Waals surface area contributed by atoms with Crippen molar-refractivity contribution in [1.29, 1.82) is 0 Å². The number of aliphatic hydroxyl groups excluding tert-OH is 1. The molecular formula is C13H24N2O3. The highest BCUT2D eigenvalue weighted by Crippen LogP contribution is 2.23. The summed E-state index contributed by atoms with van der Waals surface area (Å²) in [6, 6.07) is 0.116. The molecule has 1 aliphatic carbocycles. The molecule has 0 aromatic rings. The molecule has 1 heterocycles. The maximum Gasteiger partial charge on any atom is 0.224 e. The Morgan fingerprint density at radius 1 is 1.44 bits per heavy atom. The van der Waals surface area contributed by atoms with E-state index in [1.54, 1.807) is 4.90 Å². The van der Waals surface area contributed by atoms with Gasteiger partial charge in [0.25, 0.3) is 0 Å². The molecule has 2 N–H and O–H groups in total. The number of carbonyl (C=O) groups is 1. The quantitative estimate of drug-likeness (QED) is 0.753. The van der Waals surface area contributed by atoms with E-state index in [-0.39, 0.29) is 24.1 Å². The molecule has 0 bridgehead atoms. The third-order valence-corrected chi connectivity index (χ3v) is 4.00. The van der Waals surface area contributed by atoms with Crippen molar-refractivity contribution in [2.45, 2.75) is 50.3 Å². The topological polar surface area (TPSA) is 61.8 Å². The first kappa shape index (κ1) is 13.8. The predicted octanol–water partition coefficient (Wildman–Crippen LogP) is 0.127. The van der Waals surface area contributed by atoms with Gasteiger partial charge in [0.2, 0.25) is 5.91 Å². The Balaban J connectivity index is 1.83. The molecule has 0 radical (unpaired) electrons. The van der Waals surface area contributed by atoms with Gasteiger partial charge < -0.3 is 20.1 Å². The van der Waals surface area contributed by atoms with E-state index in [0.717, 1.165) is 38.8 Å². The molecule has 1 saturated carbocycles. The number of rotatable bonds is 3. The van der Waals surface area contributed by atoms with E-state index < -0.39 is 0 Å². The van der Waals surface area contributed by atoms with Crippen LogP contribution in [0.2, 0.25) is 0 Å². The van der Waals surface area contributed by atoms with E-state index in [0.29, 0.717) is 13.0 Å². The number of nitrogens with zero attached hydrogens (tertiary/aromatic N) is 1. The van der Waals surface area contributed by atoms with E-state index in [1.165, 1.54) is 0 Å². The van der Waals surface area contributed by atoms with Gasteiger partial charge in [-0.3, -0.25) is 4.79 Å². The fraction of sp³-hybridized carbons (Fsp3) is 0.923. The van der Waals surface area contributed by atoms with Crippen molar-refractivity contribution in [3.63, 3.8) is 0 Å². The van der Waals surface area contributed by atoms with E-state index in [2.05, 4.69) is 5.32 Å². The zero-order valence-electron chi connectivity index (χ0n) is 11.1. The lowest BCUT2D eigenvalue weighted by Gasteiger charge is -2.36. The number of amides is 1. The number of aliphatic hydroxyl groups is 1. The summed E-state index contributed by atoms with van der Waals surface area (Å²) in [6.45, 7) is 2.14. The Bertz CT molecular complexity index is 279. The molecular weight excluding hydrogens is 232 g/mol. The van der Waals surface area contributed by atoms with Crippen LogP contribution in [-0.2, 0) is 9.53 Å². The van der Waals surface area contributed by atoms with Crippen LogP contribution in [0.15, 0.2) is 0 Å². The van der Waals surface area contributed by atoms with E-state index in [4.69, 9.17) is 4.74 Å². The highest BCUT2D eigenvalue weighted by molar-refractivity contribution is 5.77. The van der Waals surface area contributed by atoms with Crippen LogP contribution < -0.4 is 5.32 Å². The Morgan fingerprint density at radius 3 is 2.89 bits per heavy atom. The largest absolute Gasteiger partial charge is 0.391 e. The second-order valence-corrected chi connectivity index (χ2v) is 5.35. The molecule has 18 heavy (non-hydrogen) atoms. The van der Waals surface area contributed by atoms with Gasteiger partial charge in [-0.15, -0.1) is 0 Å². The summed E-state index contributed by atoms with van der Waals surface area (Å²) in [5.74, 6) is 0.101. The highest BCUT2D eigenvalue weighted by Gasteiger charge is 2.30.